The summed E-state index contributed by atoms with van der Waals surface area (Å²) < 4.78 is 24.5. The van der Waals surface area contributed by atoms with Gasteiger partial charge in [0.2, 0.25) is 5.43 Å². The number of hydrogen-bond donors (Lipinski definition) is 1. The molecule has 0 atom stereocenters. The lowest BCUT2D eigenvalue weighted by Crippen LogP contribution is -2.03. The van der Waals surface area contributed by atoms with Crippen LogP contribution in [-0.2, 0) is 6.61 Å². The average Bonchev–Trinajstić information content (AvgIpc) is 2.61. The molecule has 6 heteroatoms. The number of para-hydroxylation sites is 1. The standard InChI is InChI=1S/C20H12ClFO4/c21-15-7-12(22)6-5-11(15)10-25-13-8-16(23)19-18(9-13)26-17-4-2-1-3-14(17)20(19)24/h1-9,23H,10H2. The molecule has 1 heterocycles. The fraction of sp³-hybridized carbons (Fsp3) is 0.0500. The van der Waals surface area contributed by atoms with E-state index in [-0.39, 0.29) is 33.8 Å². The summed E-state index contributed by atoms with van der Waals surface area (Å²) in [5.41, 5.74) is 0.914. The molecule has 4 rings (SSSR count). The maximum Gasteiger partial charge on any atom is 0.204 e. The Labute approximate surface area is 152 Å². The third-order valence-corrected chi connectivity index (χ3v) is 4.39. The molecule has 0 spiro atoms. The molecule has 0 aliphatic rings. The second kappa shape index (κ2) is 6.35. The van der Waals surface area contributed by atoms with Crippen LogP contribution in [-0.4, -0.2) is 5.11 Å². The van der Waals surface area contributed by atoms with Gasteiger partial charge < -0.3 is 14.3 Å². The molecule has 0 aliphatic heterocycles. The molecule has 0 saturated carbocycles. The maximum atomic E-state index is 13.1. The molecule has 0 radical (unpaired) electrons. The molecule has 4 aromatic rings. The first-order valence-electron chi connectivity index (χ1n) is 7.78. The van der Waals surface area contributed by atoms with Crippen molar-refractivity contribution in [1.82, 2.24) is 0 Å². The zero-order valence-electron chi connectivity index (χ0n) is 13.3. The molecular formula is C20H12ClFO4. The predicted octanol–water partition coefficient (Wildman–Crippen LogP) is 5.02. The summed E-state index contributed by atoms with van der Waals surface area (Å²) >= 11 is 5.98. The molecule has 4 nitrogen and oxygen atoms in total. The Morgan fingerprint density at radius 2 is 1.88 bits per heavy atom. The monoisotopic (exact) mass is 370 g/mol. The van der Waals surface area contributed by atoms with Gasteiger partial charge in [0.1, 0.15) is 40.5 Å². The lowest BCUT2D eigenvalue weighted by Gasteiger charge is -2.10. The molecule has 3 aromatic carbocycles. The van der Waals surface area contributed by atoms with E-state index in [9.17, 15) is 14.3 Å². The van der Waals surface area contributed by atoms with Crippen LogP contribution in [0.15, 0.2) is 63.8 Å². The van der Waals surface area contributed by atoms with Crippen molar-refractivity contribution >= 4 is 33.5 Å². The molecule has 130 valence electrons. The number of ether oxygens (including phenoxy) is 1. The first-order valence-corrected chi connectivity index (χ1v) is 8.16. The highest BCUT2D eigenvalue weighted by Crippen LogP contribution is 2.31. The van der Waals surface area contributed by atoms with Crippen LogP contribution < -0.4 is 10.2 Å². The molecule has 0 saturated heterocycles. The fourth-order valence-corrected chi connectivity index (χ4v) is 2.99. The van der Waals surface area contributed by atoms with E-state index in [0.717, 1.165) is 0 Å². The molecule has 0 unspecified atom stereocenters. The van der Waals surface area contributed by atoms with E-state index < -0.39 is 5.82 Å². The van der Waals surface area contributed by atoms with Crippen LogP contribution >= 0.6 is 11.6 Å². The minimum atomic E-state index is -0.434. The van der Waals surface area contributed by atoms with Crippen molar-refractivity contribution in [3.8, 4) is 11.5 Å². The van der Waals surface area contributed by atoms with Crippen LogP contribution in [0.25, 0.3) is 21.9 Å². The maximum absolute atomic E-state index is 13.1. The van der Waals surface area contributed by atoms with Gasteiger partial charge in [-0.05, 0) is 24.3 Å². The molecular weight excluding hydrogens is 359 g/mol. The number of benzene rings is 3. The minimum Gasteiger partial charge on any atom is -0.507 e. The predicted molar refractivity (Wildman–Crippen MR) is 97.4 cm³/mol. The highest BCUT2D eigenvalue weighted by atomic mass is 35.5. The normalized spacial score (nSPS) is 11.2. The van der Waals surface area contributed by atoms with E-state index >= 15 is 0 Å². The summed E-state index contributed by atoms with van der Waals surface area (Å²) in [7, 11) is 0. The van der Waals surface area contributed by atoms with Gasteiger partial charge in [-0.25, -0.2) is 4.39 Å². The van der Waals surface area contributed by atoms with Crippen molar-refractivity contribution in [3.63, 3.8) is 0 Å². The molecule has 1 N–H and O–H groups in total. The Kier molecular flexibility index (Phi) is 4.01. The summed E-state index contributed by atoms with van der Waals surface area (Å²) in [4.78, 5) is 12.6. The van der Waals surface area contributed by atoms with E-state index in [2.05, 4.69) is 0 Å². The number of phenolic OH excluding ortho intramolecular Hbond substituents is 1. The zero-order chi connectivity index (χ0) is 18.3. The van der Waals surface area contributed by atoms with Gasteiger partial charge in [-0.1, -0.05) is 29.8 Å². The Morgan fingerprint density at radius 3 is 2.69 bits per heavy atom. The van der Waals surface area contributed by atoms with Crippen LogP contribution in [0.3, 0.4) is 0 Å². The summed E-state index contributed by atoms with van der Waals surface area (Å²) in [6, 6.07) is 13.7. The van der Waals surface area contributed by atoms with E-state index in [1.54, 1.807) is 24.3 Å². The Bertz CT molecular complexity index is 1200. The van der Waals surface area contributed by atoms with Crippen molar-refractivity contribution in [2.75, 3.05) is 0 Å². The Morgan fingerprint density at radius 1 is 1.08 bits per heavy atom. The summed E-state index contributed by atoms with van der Waals surface area (Å²) in [5.74, 6) is -0.369. The van der Waals surface area contributed by atoms with Crippen LogP contribution in [0.2, 0.25) is 5.02 Å². The molecule has 26 heavy (non-hydrogen) atoms. The smallest absolute Gasteiger partial charge is 0.204 e. The number of phenols is 1. The van der Waals surface area contributed by atoms with Gasteiger partial charge in [-0.2, -0.15) is 0 Å². The third kappa shape index (κ3) is 2.86. The van der Waals surface area contributed by atoms with Crippen LogP contribution in [0.4, 0.5) is 4.39 Å². The Balaban J connectivity index is 1.75. The van der Waals surface area contributed by atoms with Crippen molar-refractivity contribution in [3.05, 3.63) is 81.2 Å². The molecule has 0 aliphatic carbocycles. The lowest BCUT2D eigenvalue weighted by atomic mass is 10.1. The number of halogens is 2. The summed E-state index contributed by atoms with van der Waals surface area (Å²) in [6.07, 6.45) is 0. The average molecular weight is 371 g/mol. The fourth-order valence-electron chi connectivity index (χ4n) is 2.76. The number of hydrogen-bond acceptors (Lipinski definition) is 4. The SMILES string of the molecule is O=c1c2ccccc2oc2cc(OCc3ccc(F)cc3Cl)cc(O)c12. The minimum absolute atomic E-state index is 0.0713. The molecule has 0 bridgehead atoms. The lowest BCUT2D eigenvalue weighted by molar-refractivity contribution is 0.304. The van der Waals surface area contributed by atoms with Crippen LogP contribution in [0.1, 0.15) is 5.56 Å². The van der Waals surface area contributed by atoms with Gasteiger partial charge >= 0.3 is 0 Å². The second-order valence-electron chi connectivity index (χ2n) is 5.77. The van der Waals surface area contributed by atoms with Crippen molar-refractivity contribution in [2.24, 2.45) is 0 Å². The van der Waals surface area contributed by atoms with Crippen molar-refractivity contribution in [2.45, 2.75) is 6.61 Å². The van der Waals surface area contributed by atoms with Gasteiger partial charge in [0.05, 0.1) is 10.4 Å². The highest BCUT2D eigenvalue weighted by Gasteiger charge is 2.13. The molecule has 0 fully saturated rings. The highest BCUT2D eigenvalue weighted by molar-refractivity contribution is 6.31. The first kappa shape index (κ1) is 16.4. The van der Waals surface area contributed by atoms with Crippen LogP contribution in [0, 0.1) is 5.82 Å². The Hall–Kier alpha value is -3.05. The topological polar surface area (TPSA) is 59.7 Å². The van der Waals surface area contributed by atoms with E-state index in [4.69, 9.17) is 20.8 Å². The number of aromatic hydroxyl groups is 1. The van der Waals surface area contributed by atoms with E-state index in [1.165, 1.54) is 30.3 Å². The van der Waals surface area contributed by atoms with Gasteiger partial charge in [0.15, 0.2) is 0 Å². The second-order valence-corrected chi connectivity index (χ2v) is 6.17. The zero-order valence-corrected chi connectivity index (χ0v) is 14.1. The van der Waals surface area contributed by atoms with E-state index in [1.807, 2.05) is 0 Å². The summed E-state index contributed by atoms with van der Waals surface area (Å²) in [6.45, 7) is 0.0713. The third-order valence-electron chi connectivity index (χ3n) is 4.04. The molecule has 0 amide bonds. The summed E-state index contributed by atoms with van der Waals surface area (Å²) in [5, 5.41) is 11.0. The van der Waals surface area contributed by atoms with Gasteiger partial charge in [0.25, 0.3) is 0 Å². The largest absolute Gasteiger partial charge is 0.507 e. The number of rotatable bonds is 3. The number of fused-ring (bicyclic) bond motifs is 2. The quantitative estimate of drug-likeness (QED) is 0.514. The van der Waals surface area contributed by atoms with Gasteiger partial charge in [-0.3, -0.25) is 4.79 Å². The van der Waals surface area contributed by atoms with E-state index in [0.29, 0.717) is 22.3 Å². The molecule has 1 aromatic heterocycles. The van der Waals surface area contributed by atoms with Crippen LogP contribution in [0.5, 0.6) is 11.5 Å². The van der Waals surface area contributed by atoms with Crippen molar-refractivity contribution < 1.29 is 18.7 Å². The first-order chi connectivity index (χ1) is 12.5. The van der Waals surface area contributed by atoms with Gasteiger partial charge in [-0.15, -0.1) is 0 Å². The van der Waals surface area contributed by atoms with Crippen molar-refractivity contribution in [1.29, 1.82) is 0 Å². The van der Waals surface area contributed by atoms with Gasteiger partial charge in [0, 0.05) is 17.7 Å².